The summed E-state index contributed by atoms with van der Waals surface area (Å²) in [5, 5.41) is 13.0. The van der Waals surface area contributed by atoms with E-state index < -0.39 is 5.41 Å². The van der Waals surface area contributed by atoms with E-state index in [1.807, 2.05) is 20.8 Å². The fourth-order valence-electron chi connectivity index (χ4n) is 0.771. The van der Waals surface area contributed by atoms with E-state index >= 15 is 0 Å². The molecule has 0 radical (unpaired) electrons. The highest BCUT2D eigenvalue weighted by Crippen LogP contribution is 2.20. The maximum atomic E-state index is 11.6. The third kappa shape index (κ3) is 3.87. The molecular weight excluding hydrogens is 278 g/mol. The van der Waals surface area contributed by atoms with Gasteiger partial charge in [-0.05, 0) is 0 Å². The molecule has 1 aromatic rings. The lowest BCUT2D eigenvalue weighted by Crippen LogP contribution is -2.27. The van der Waals surface area contributed by atoms with Gasteiger partial charge in [0.15, 0.2) is 0 Å². The first-order chi connectivity index (χ1) is 6.93. The van der Waals surface area contributed by atoms with Crippen LogP contribution in [0.15, 0.2) is 0 Å². The monoisotopic (exact) mass is 291 g/mol. The Labute approximate surface area is 102 Å². The third-order valence-electron chi connectivity index (χ3n) is 1.68. The van der Waals surface area contributed by atoms with E-state index in [-0.39, 0.29) is 5.91 Å². The van der Waals surface area contributed by atoms with Crippen molar-refractivity contribution >= 4 is 38.3 Å². The van der Waals surface area contributed by atoms with Crippen molar-refractivity contribution in [3.8, 4) is 0 Å². The lowest BCUT2D eigenvalue weighted by Gasteiger charge is -2.15. The Balaban J connectivity index is 2.61. The lowest BCUT2D eigenvalue weighted by molar-refractivity contribution is -0.123. The van der Waals surface area contributed by atoms with Crippen molar-refractivity contribution in [2.45, 2.75) is 27.2 Å². The average molecular weight is 292 g/mol. The number of rotatable bonds is 3. The molecule has 1 amide bonds. The van der Waals surface area contributed by atoms with Crippen LogP contribution in [0, 0.1) is 5.41 Å². The van der Waals surface area contributed by atoms with Gasteiger partial charge in [0.25, 0.3) is 0 Å². The molecule has 0 fully saturated rings. The summed E-state index contributed by atoms with van der Waals surface area (Å²) >= 11 is 4.75. The van der Waals surface area contributed by atoms with E-state index in [1.165, 1.54) is 11.3 Å². The zero-order chi connectivity index (χ0) is 11.5. The fraction of sp³-hybridized carbons (Fsp3) is 0.667. The van der Waals surface area contributed by atoms with Crippen LogP contribution in [-0.4, -0.2) is 21.4 Å². The molecule has 0 aliphatic carbocycles. The van der Waals surface area contributed by atoms with Crippen LogP contribution >= 0.6 is 27.3 Å². The molecule has 0 saturated carbocycles. The van der Waals surface area contributed by atoms with E-state index in [4.69, 9.17) is 0 Å². The van der Waals surface area contributed by atoms with Crippen molar-refractivity contribution in [2.24, 2.45) is 5.41 Å². The van der Waals surface area contributed by atoms with Gasteiger partial charge in [-0.2, -0.15) is 0 Å². The van der Waals surface area contributed by atoms with Gasteiger partial charge in [0.1, 0.15) is 5.01 Å². The summed E-state index contributed by atoms with van der Waals surface area (Å²) in [5.74, 6) is -0.0379. The Hall–Kier alpha value is -0.490. The number of aromatic nitrogens is 2. The molecule has 0 aliphatic heterocycles. The summed E-state index contributed by atoms with van der Waals surface area (Å²) in [7, 11) is 0. The highest BCUT2D eigenvalue weighted by Gasteiger charge is 2.22. The van der Waals surface area contributed by atoms with Crippen molar-refractivity contribution in [3.63, 3.8) is 0 Å². The van der Waals surface area contributed by atoms with Crippen LogP contribution in [0.4, 0.5) is 5.13 Å². The second-order valence-corrected chi connectivity index (χ2v) is 6.00. The number of amides is 1. The normalized spacial score (nSPS) is 11.5. The molecule has 1 N–H and O–H groups in total. The van der Waals surface area contributed by atoms with E-state index in [0.717, 1.165) is 16.8 Å². The van der Waals surface area contributed by atoms with E-state index in [0.29, 0.717) is 5.13 Å². The van der Waals surface area contributed by atoms with Gasteiger partial charge in [-0.1, -0.05) is 48.0 Å². The van der Waals surface area contributed by atoms with E-state index in [2.05, 4.69) is 31.4 Å². The molecule has 0 aliphatic rings. The summed E-state index contributed by atoms with van der Waals surface area (Å²) in [6, 6.07) is 0. The number of alkyl halides is 1. The maximum absolute atomic E-state index is 11.6. The first-order valence-electron chi connectivity index (χ1n) is 4.63. The minimum absolute atomic E-state index is 0.0379. The number of hydrogen-bond acceptors (Lipinski definition) is 4. The van der Waals surface area contributed by atoms with E-state index in [9.17, 15) is 4.79 Å². The molecule has 0 aromatic carbocycles. The minimum atomic E-state index is -0.402. The molecule has 1 rings (SSSR count). The number of aryl methyl sites for hydroxylation is 1. The highest BCUT2D eigenvalue weighted by atomic mass is 79.9. The smallest absolute Gasteiger partial charge is 0.231 e. The molecule has 0 saturated heterocycles. The molecule has 0 unspecified atom stereocenters. The molecule has 1 aromatic heterocycles. The summed E-state index contributed by atoms with van der Waals surface area (Å²) in [6.45, 7) is 5.59. The largest absolute Gasteiger partial charge is 0.300 e. The van der Waals surface area contributed by atoms with Crippen molar-refractivity contribution in [1.29, 1.82) is 0 Å². The molecule has 84 valence electrons. The zero-order valence-electron chi connectivity index (χ0n) is 9.00. The van der Waals surface area contributed by atoms with Gasteiger partial charge >= 0.3 is 0 Å². The third-order valence-corrected chi connectivity index (χ3v) is 2.97. The van der Waals surface area contributed by atoms with Crippen LogP contribution < -0.4 is 5.32 Å². The Bertz CT molecular complexity index is 345. The van der Waals surface area contributed by atoms with Crippen LogP contribution in [0.1, 0.15) is 25.8 Å². The number of halogens is 1. The van der Waals surface area contributed by atoms with Crippen LogP contribution in [0.25, 0.3) is 0 Å². The Morgan fingerprint density at radius 3 is 2.67 bits per heavy atom. The Morgan fingerprint density at radius 1 is 1.47 bits per heavy atom. The van der Waals surface area contributed by atoms with Crippen molar-refractivity contribution < 1.29 is 4.79 Å². The highest BCUT2D eigenvalue weighted by molar-refractivity contribution is 9.09. The standard InChI is InChI=1S/C9H14BrN3OS/c1-9(2,3)7(14)11-8-13-12-6(15-8)4-5-10/h4-5H2,1-3H3,(H,11,13,14). The average Bonchev–Trinajstić information content (AvgIpc) is 2.51. The van der Waals surface area contributed by atoms with Crippen LogP contribution in [0.2, 0.25) is 0 Å². The van der Waals surface area contributed by atoms with Gasteiger partial charge < -0.3 is 5.32 Å². The predicted octanol–water partition coefficient (Wildman–Crippen LogP) is 2.46. The summed E-state index contributed by atoms with van der Waals surface area (Å²) in [6.07, 6.45) is 0.836. The first-order valence-corrected chi connectivity index (χ1v) is 6.57. The second kappa shape index (κ2) is 5.03. The minimum Gasteiger partial charge on any atom is -0.300 e. The summed E-state index contributed by atoms with van der Waals surface area (Å²) in [4.78, 5) is 11.6. The molecular formula is C9H14BrN3OS. The van der Waals surface area contributed by atoms with Crippen LogP contribution in [-0.2, 0) is 11.2 Å². The molecule has 0 atom stereocenters. The van der Waals surface area contributed by atoms with Gasteiger partial charge in [0.05, 0.1) is 0 Å². The molecule has 4 nitrogen and oxygen atoms in total. The SMILES string of the molecule is CC(C)(C)C(=O)Nc1nnc(CCBr)s1. The molecule has 0 bridgehead atoms. The van der Waals surface area contributed by atoms with Crippen LogP contribution in [0.3, 0.4) is 0 Å². The van der Waals surface area contributed by atoms with Gasteiger partial charge in [0.2, 0.25) is 11.0 Å². The maximum Gasteiger partial charge on any atom is 0.231 e. The number of hydrogen-bond donors (Lipinski definition) is 1. The number of nitrogens with zero attached hydrogens (tertiary/aromatic N) is 2. The lowest BCUT2D eigenvalue weighted by atomic mass is 9.96. The van der Waals surface area contributed by atoms with Gasteiger partial charge in [-0.25, -0.2) is 0 Å². The van der Waals surface area contributed by atoms with Crippen molar-refractivity contribution in [2.75, 3.05) is 10.6 Å². The van der Waals surface area contributed by atoms with E-state index in [1.54, 1.807) is 0 Å². The van der Waals surface area contributed by atoms with Crippen molar-refractivity contribution in [3.05, 3.63) is 5.01 Å². The zero-order valence-corrected chi connectivity index (χ0v) is 11.4. The number of carbonyl (C=O) groups is 1. The van der Waals surface area contributed by atoms with Crippen molar-refractivity contribution in [1.82, 2.24) is 10.2 Å². The predicted molar refractivity (Wildman–Crippen MR) is 65.5 cm³/mol. The Morgan fingerprint density at radius 2 is 2.13 bits per heavy atom. The molecule has 15 heavy (non-hydrogen) atoms. The molecule has 6 heteroatoms. The second-order valence-electron chi connectivity index (χ2n) is 4.14. The number of anilines is 1. The topological polar surface area (TPSA) is 54.9 Å². The number of carbonyl (C=O) groups excluding carboxylic acids is 1. The first kappa shape index (κ1) is 12.6. The molecule has 0 spiro atoms. The fourth-order valence-corrected chi connectivity index (χ4v) is 2.14. The summed E-state index contributed by atoms with van der Waals surface area (Å²) < 4.78 is 0. The quantitative estimate of drug-likeness (QED) is 0.871. The number of nitrogens with one attached hydrogen (secondary N) is 1. The van der Waals surface area contributed by atoms with Crippen LogP contribution in [0.5, 0.6) is 0 Å². The van der Waals surface area contributed by atoms with Gasteiger partial charge in [0, 0.05) is 17.2 Å². The van der Waals surface area contributed by atoms with Gasteiger partial charge in [-0.15, -0.1) is 10.2 Å². The molecule has 1 heterocycles. The van der Waals surface area contributed by atoms with Gasteiger partial charge in [-0.3, -0.25) is 4.79 Å². The Kier molecular flexibility index (Phi) is 4.21. The summed E-state index contributed by atoms with van der Waals surface area (Å²) in [5.41, 5.74) is -0.402.